The minimum Gasteiger partial charge on any atom is -0.367 e. The first-order valence-corrected chi connectivity index (χ1v) is 7.66. The molecule has 7 heteroatoms. The SMILES string of the molecule is O=[N+]([O-])c1ccc(Nc2ccc(N3CC4CC(C3)N4)cn2)cc1. The van der Waals surface area contributed by atoms with E-state index in [0.29, 0.717) is 12.1 Å². The first-order valence-electron chi connectivity index (χ1n) is 7.66. The molecular weight excluding hydrogens is 294 g/mol. The number of hydrogen-bond acceptors (Lipinski definition) is 6. The second kappa shape index (κ2) is 5.51. The summed E-state index contributed by atoms with van der Waals surface area (Å²) in [5.74, 6) is 0.725. The third-order valence-electron chi connectivity index (χ3n) is 4.39. The fourth-order valence-electron chi connectivity index (χ4n) is 3.19. The third-order valence-corrected chi connectivity index (χ3v) is 4.39. The van der Waals surface area contributed by atoms with E-state index in [-0.39, 0.29) is 5.69 Å². The standard InChI is InChI=1S/C16H17N5O2/c22-21(23)14-3-1-11(2-4-14)19-16-6-5-15(8-17-16)20-9-12-7-13(10-20)18-12/h1-6,8,12-13,18H,7,9-10H2,(H,17,19). The van der Waals surface area contributed by atoms with Crippen LogP contribution in [0.3, 0.4) is 0 Å². The Hall–Kier alpha value is -2.67. The number of nitro groups is 1. The summed E-state index contributed by atoms with van der Waals surface area (Å²) in [7, 11) is 0. The molecule has 3 saturated heterocycles. The van der Waals surface area contributed by atoms with Crippen molar-refractivity contribution in [2.75, 3.05) is 23.3 Å². The Bertz CT molecular complexity index is 700. The Balaban J connectivity index is 1.42. The highest BCUT2D eigenvalue weighted by Crippen LogP contribution is 2.26. The zero-order valence-electron chi connectivity index (χ0n) is 12.5. The highest BCUT2D eigenvalue weighted by atomic mass is 16.6. The molecule has 1 aromatic carbocycles. The lowest BCUT2D eigenvalue weighted by atomic mass is 9.91. The number of nitrogens with zero attached hydrogens (tertiary/aromatic N) is 3. The van der Waals surface area contributed by atoms with E-state index in [2.05, 4.69) is 26.6 Å². The molecule has 118 valence electrons. The predicted octanol–water partition coefficient (Wildman–Crippen LogP) is 2.28. The van der Waals surface area contributed by atoms with E-state index in [1.54, 1.807) is 12.1 Å². The molecule has 0 spiro atoms. The molecule has 4 heterocycles. The fraction of sp³-hybridized carbons (Fsp3) is 0.312. The van der Waals surface area contributed by atoms with Crippen LogP contribution in [0.15, 0.2) is 42.6 Å². The summed E-state index contributed by atoms with van der Waals surface area (Å²) in [6.45, 7) is 2.07. The van der Waals surface area contributed by atoms with Crippen LogP contribution in [-0.4, -0.2) is 35.1 Å². The Morgan fingerprint density at radius 2 is 1.87 bits per heavy atom. The van der Waals surface area contributed by atoms with Crippen molar-refractivity contribution in [3.05, 3.63) is 52.7 Å². The van der Waals surface area contributed by atoms with Gasteiger partial charge in [0.05, 0.1) is 16.8 Å². The molecule has 0 aliphatic carbocycles. The van der Waals surface area contributed by atoms with Crippen molar-refractivity contribution in [3.63, 3.8) is 0 Å². The first-order chi connectivity index (χ1) is 11.2. The molecule has 1 aromatic heterocycles. The number of piperidine rings is 1. The summed E-state index contributed by atoms with van der Waals surface area (Å²) in [5.41, 5.74) is 1.99. The van der Waals surface area contributed by atoms with Crippen molar-refractivity contribution < 1.29 is 4.92 Å². The molecule has 0 amide bonds. The van der Waals surface area contributed by atoms with Crippen molar-refractivity contribution in [1.29, 1.82) is 0 Å². The van der Waals surface area contributed by atoms with Crippen LogP contribution in [0.25, 0.3) is 0 Å². The number of hydrogen-bond donors (Lipinski definition) is 2. The van der Waals surface area contributed by atoms with Gasteiger partial charge in [-0.25, -0.2) is 4.98 Å². The van der Waals surface area contributed by atoms with Crippen molar-refractivity contribution in [1.82, 2.24) is 10.3 Å². The predicted molar refractivity (Wildman–Crippen MR) is 88.2 cm³/mol. The molecule has 7 nitrogen and oxygen atoms in total. The highest BCUT2D eigenvalue weighted by molar-refractivity contribution is 5.60. The smallest absolute Gasteiger partial charge is 0.269 e. The van der Waals surface area contributed by atoms with Gasteiger partial charge in [0.2, 0.25) is 0 Å². The maximum Gasteiger partial charge on any atom is 0.269 e. The normalized spacial score (nSPS) is 22.3. The topological polar surface area (TPSA) is 83.3 Å². The van der Waals surface area contributed by atoms with E-state index < -0.39 is 4.92 Å². The Labute approximate surface area is 133 Å². The molecule has 2 unspecified atom stereocenters. The van der Waals surface area contributed by atoms with Gasteiger partial charge in [-0.3, -0.25) is 10.1 Å². The van der Waals surface area contributed by atoms with E-state index in [0.717, 1.165) is 30.3 Å². The van der Waals surface area contributed by atoms with Gasteiger partial charge >= 0.3 is 0 Å². The van der Waals surface area contributed by atoms with Gasteiger partial charge in [-0.05, 0) is 30.7 Å². The molecule has 5 rings (SSSR count). The zero-order valence-corrected chi connectivity index (χ0v) is 12.5. The minimum absolute atomic E-state index is 0.0798. The second-order valence-electron chi connectivity index (χ2n) is 6.03. The average molecular weight is 311 g/mol. The van der Waals surface area contributed by atoms with Gasteiger partial charge in [0.1, 0.15) is 5.82 Å². The number of benzene rings is 1. The largest absolute Gasteiger partial charge is 0.367 e. The first kappa shape index (κ1) is 14.0. The Kier molecular flexibility index (Phi) is 3.34. The molecule has 3 aliphatic rings. The number of nitrogens with one attached hydrogen (secondary N) is 2. The zero-order chi connectivity index (χ0) is 15.8. The monoisotopic (exact) mass is 311 g/mol. The van der Waals surface area contributed by atoms with E-state index in [1.807, 2.05) is 12.3 Å². The molecular formula is C16H17N5O2. The summed E-state index contributed by atoms with van der Waals surface area (Å²) in [6, 6.07) is 11.5. The lowest BCUT2D eigenvalue weighted by molar-refractivity contribution is -0.384. The van der Waals surface area contributed by atoms with Gasteiger partial charge in [0, 0.05) is 43.0 Å². The van der Waals surface area contributed by atoms with E-state index >= 15 is 0 Å². The maximum absolute atomic E-state index is 10.6. The van der Waals surface area contributed by atoms with Crippen LogP contribution in [0.2, 0.25) is 0 Å². The van der Waals surface area contributed by atoms with E-state index in [4.69, 9.17) is 0 Å². The molecule has 0 radical (unpaired) electrons. The van der Waals surface area contributed by atoms with E-state index in [9.17, 15) is 10.1 Å². The molecule has 2 bridgehead atoms. The van der Waals surface area contributed by atoms with Gasteiger partial charge < -0.3 is 15.5 Å². The molecule has 0 saturated carbocycles. The molecule has 3 aliphatic heterocycles. The molecule has 2 atom stereocenters. The van der Waals surface area contributed by atoms with Crippen molar-refractivity contribution >= 4 is 22.9 Å². The second-order valence-corrected chi connectivity index (χ2v) is 6.03. The van der Waals surface area contributed by atoms with Gasteiger partial charge in [0.25, 0.3) is 5.69 Å². The number of nitro benzene ring substituents is 1. The number of aromatic nitrogens is 1. The number of non-ortho nitro benzene ring substituents is 1. The number of piperazine rings is 1. The van der Waals surface area contributed by atoms with E-state index in [1.165, 1.54) is 18.6 Å². The van der Waals surface area contributed by atoms with Gasteiger partial charge in [-0.1, -0.05) is 0 Å². The fourth-order valence-corrected chi connectivity index (χ4v) is 3.19. The summed E-state index contributed by atoms with van der Waals surface area (Å²) >= 11 is 0. The molecule has 23 heavy (non-hydrogen) atoms. The number of pyridine rings is 1. The molecule has 2 aromatic rings. The van der Waals surface area contributed by atoms with Crippen LogP contribution >= 0.6 is 0 Å². The molecule has 2 N–H and O–H groups in total. The maximum atomic E-state index is 10.6. The summed E-state index contributed by atoms with van der Waals surface area (Å²) in [6.07, 6.45) is 3.15. The van der Waals surface area contributed by atoms with Crippen molar-refractivity contribution in [2.45, 2.75) is 18.5 Å². The van der Waals surface area contributed by atoms with Gasteiger partial charge in [0.15, 0.2) is 0 Å². The van der Waals surface area contributed by atoms with Gasteiger partial charge in [-0.2, -0.15) is 0 Å². The van der Waals surface area contributed by atoms with Crippen LogP contribution in [-0.2, 0) is 0 Å². The number of fused-ring (bicyclic) bond motifs is 2. The summed E-state index contributed by atoms with van der Waals surface area (Å²) in [5, 5.41) is 17.3. The van der Waals surface area contributed by atoms with Crippen LogP contribution in [0.1, 0.15) is 6.42 Å². The third kappa shape index (κ3) is 2.83. The highest BCUT2D eigenvalue weighted by Gasteiger charge is 2.36. The number of rotatable bonds is 4. The van der Waals surface area contributed by atoms with Crippen LogP contribution in [0.5, 0.6) is 0 Å². The minimum atomic E-state index is -0.408. The summed E-state index contributed by atoms with van der Waals surface area (Å²) < 4.78 is 0. The van der Waals surface area contributed by atoms with Crippen LogP contribution in [0.4, 0.5) is 22.9 Å². The van der Waals surface area contributed by atoms with Crippen LogP contribution < -0.4 is 15.5 Å². The average Bonchev–Trinajstić information content (AvgIpc) is 2.55. The molecule has 3 fully saturated rings. The van der Waals surface area contributed by atoms with Gasteiger partial charge in [-0.15, -0.1) is 0 Å². The lowest BCUT2D eigenvalue weighted by Gasteiger charge is -2.49. The van der Waals surface area contributed by atoms with Crippen molar-refractivity contribution in [3.8, 4) is 0 Å². The Morgan fingerprint density at radius 3 is 2.43 bits per heavy atom. The number of anilines is 3. The quantitative estimate of drug-likeness (QED) is 0.666. The summed E-state index contributed by atoms with van der Waals surface area (Å²) in [4.78, 5) is 17.0. The lowest BCUT2D eigenvalue weighted by Crippen LogP contribution is -2.67. The van der Waals surface area contributed by atoms with Crippen molar-refractivity contribution in [2.24, 2.45) is 0 Å². The Morgan fingerprint density at radius 1 is 1.17 bits per heavy atom. The van der Waals surface area contributed by atoms with Crippen LogP contribution in [0, 0.1) is 10.1 Å².